The first kappa shape index (κ1) is 19.9. The Morgan fingerprint density at radius 1 is 1.17 bits per heavy atom. The van der Waals surface area contributed by atoms with E-state index in [0.29, 0.717) is 35.7 Å². The molecule has 0 N–H and O–H groups in total. The highest BCUT2D eigenvalue weighted by Crippen LogP contribution is 2.35. The highest BCUT2D eigenvalue weighted by Gasteiger charge is 2.29. The van der Waals surface area contributed by atoms with E-state index >= 15 is 0 Å². The molecule has 0 saturated carbocycles. The fourth-order valence-electron chi connectivity index (χ4n) is 3.10. The number of thioether (sulfide) groups is 1. The number of aromatic nitrogens is 4. The van der Waals surface area contributed by atoms with Gasteiger partial charge in [-0.3, -0.25) is 0 Å². The molecule has 1 aromatic carbocycles. The van der Waals surface area contributed by atoms with Crippen molar-refractivity contribution >= 4 is 21.6 Å². The summed E-state index contributed by atoms with van der Waals surface area (Å²) < 4.78 is 39.7. The first-order valence-corrected chi connectivity index (χ1v) is 11.8. The minimum absolute atomic E-state index is 0.0405. The van der Waals surface area contributed by atoms with Crippen LogP contribution in [-0.4, -0.2) is 47.4 Å². The van der Waals surface area contributed by atoms with Crippen molar-refractivity contribution < 1.29 is 22.0 Å². The third-order valence-corrected chi connectivity index (χ3v) is 7.40. The van der Waals surface area contributed by atoms with Crippen LogP contribution in [-0.2, 0) is 16.3 Å². The fourth-order valence-corrected chi connectivity index (χ4v) is 5.69. The minimum Gasteiger partial charge on any atom is -0.497 e. The Morgan fingerprint density at radius 2 is 1.97 bits per heavy atom. The summed E-state index contributed by atoms with van der Waals surface area (Å²) in [5.74, 6) is 2.53. The number of hydrogen-bond acceptors (Lipinski definition) is 10. The molecule has 9 nitrogen and oxygen atoms in total. The largest absolute Gasteiger partial charge is 0.497 e. The quantitative estimate of drug-likeness (QED) is 0.511. The van der Waals surface area contributed by atoms with Gasteiger partial charge in [0, 0.05) is 12.0 Å². The van der Waals surface area contributed by atoms with Crippen LogP contribution in [0.25, 0.3) is 11.5 Å². The van der Waals surface area contributed by atoms with Gasteiger partial charge in [0.15, 0.2) is 9.84 Å². The maximum absolute atomic E-state index is 11.6. The zero-order valence-corrected chi connectivity index (χ0v) is 17.6. The van der Waals surface area contributed by atoms with Crippen LogP contribution >= 0.6 is 11.8 Å². The first-order valence-electron chi connectivity index (χ1n) is 9.09. The van der Waals surface area contributed by atoms with Gasteiger partial charge >= 0.3 is 0 Å². The number of benzene rings is 1. The molecule has 0 amide bonds. The number of sulfone groups is 1. The minimum atomic E-state index is -2.92. The second kappa shape index (κ2) is 8.15. The van der Waals surface area contributed by atoms with E-state index in [1.807, 2.05) is 31.2 Å². The molecule has 154 valence electrons. The lowest BCUT2D eigenvalue weighted by atomic mass is 10.1. The predicted molar refractivity (Wildman–Crippen MR) is 105 cm³/mol. The highest BCUT2D eigenvalue weighted by atomic mass is 32.2. The van der Waals surface area contributed by atoms with Crippen LogP contribution in [0.3, 0.4) is 0 Å². The molecule has 0 unspecified atom stereocenters. The van der Waals surface area contributed by atoms with Crippen molar-refractivity contribution in [3.05, 3.63) is 36.0 Å². The Labute approximate surface area is 172 Å². The lowest BCUT2D eigenvalue weighted by Crippen LogP contribution is -2.07. The average molecular weight is 437 g/mol. The molecule has 0 spiro atoms. The summed E-state index contributed by atoms with van der Waals surface area (Å²) >= 11 is 1.32. The lowest BCUT2D eigenvalue weighted by Gasteiger charge is -2.03. The van der Waals surface area contributed by atoms with Gasteiger partial charge in [0.25, 0.3) is 5.22 Å². The standard InChI is InChI=1S/C18H20N4O5S2/c1-11(16-20-21-17(27-16)13-3-5-14(25-2)6-4-13)28-18-22-19-15(26-18)9-12-7-8-29(23,24)10-12/h3-6,11-12H,7-10H2,1-2H3/t11-,12+/m0/s1. The lowest BCUT2D eigenvalue weighted by molar-refractivity contribution is 0.388. The number of nitrogens with zero attached hydrogens (tertiary/aromatic N) is 4. The summed E-state index contributed by atoms with van der Waals surface area (Å²) in [6.07, 6.45) is 1.11. The van der Waals surface area contributed by atoms with E-state index in [1.54, 1.807) is 7.11 Å². The van der Waals surface area contributed by atoms with Gasteiger partial charge in [-0.1, -0.05) is 11.8 Å². The fraction of sp³-hybridized carbons (Fsp3) is 0.444. The topological polar surface area (TPSA) is 121 Å². The van der Waals surface area contributed by atoms with Crippen molar-refractivity contribution in [2.45, 2.75) is 30.2 Å². The third kappa shape index (κ3) is 4.78. The number of rotatable bonds is 7. The van der Waals surface area contributed by atoms with E-state index in [-0.39, 0.29) is 22.7 Å². The molecule has 3 heterocycles. The molecule has 3 aromatic rings. The molecular weight excluding hydrogens is 416 g/mol. The number of hydrogen-bond donors (Lipinski definition) is 0. The normalized spacial score (nSPS) is 19.3. The second-order valence-electron chi connectivity index (χ2n) is 6.87. The summed E-state index contributed by atoms with van der Waals surface area (Å²) in [6.45, 7) is 1.91. The summed E-state index contributed by atoms with van der Waals surface area (Å²) in [5, 5.41) is 16.5. The monoisotopic (exact) mass is 436 g/mol. The molecule has 0 aliphatic carbocycles. The third-order valence-electron chi connectivity index (χ3n) is 4.64. The molecular formula is C18H20N4O5S2. The summed E-state index contributed by atoms with van der Waals surface area (Å²) in [6, 6.07) is 7.35. The van der Waals surface area contributed by atoms with E-state index in [4.69, 9.17) is 13.6 Å². The molecule has 1 saturated heterocycles. The maximum atomic E-state index is 11.6. The first-order chi connectivity index (χ1) is 13.9. The van der Waals surface area contributed by atoms with E-state index in [1.165, 1.54) is 11.8 Å². The van der Waals surface area contributed by atoms with Gasteiger partial charge < -0.3 is 13.6 Å². The SMILES string of the molecule is COc1ccc(-c2nnc([C@H](C)Sc3nnc(C[C@H]4CCS(=O)(=O)C4)o3)o2)cc1. The Bertz CT molecular complexity index is 1080. The van der Waals surface area contributed by atoms with Crippen LogP contribution in [0.5, 0.6) is 5.75 Å². The smallest absolute Gasteiger partial charge is 0.277 e. The van der Waals surface area contributed by atoms with Crippen LogP contribution in [0.4, 0.5) is 0 Å². The van der Waals surface area contributed by atoms with E-state index in [0.717, 1.165) is 11.3 Å². The molecule has 0 radical (unpaired) electrons. The Kier molecular flexibility index (Phi) is 5.59. The van der Waals surface area contributed by atoms with Crippen molar-refractivity contribution in [2.24, 2.45) is 5.92 Å². The van der Waals surface area contributed by atoms with Crippen LogP contribution in [0, 0.1) is 5.92 Å². The summed E-state index contributed by atoms with van der Waals surface area (Å²) in [4.78, 5) is 0. The van der Waals surface area contributed by atoms with Crippen molar-refractivity contribution in [3.63, 3.8) is 0 Å². The molecule has 29 heavy (non-hydrogen) atoms. The number of ether oxygens (including phenoxy) is 1. The van der Waals surface area contributed by atoms with E-state index in [2.05, 4.69) is 20.4 Å². The van der Waals surface area contributed by atoms with Gasteiger partial charge in [-0.15, -0.1) is 20.4 Å². The molecule has 11 heteroatoms. The summed E-state index contributed by atoms with van der Waals surface area (Å²) in [5.41, 5.74) is 0.799. The molecule has 0 bridgehead atoms. The van der Waals surface area contributed by atoms with Gasteiger partial charge in [0.1, 0.15) is 5.75 Å². The van der Waals surface area contributed by atoms with Gasteiger partial charge in [-0.05, 0) is 43.5 Å². The van der Waals surface area contributed by atoms with Crippen molar-refractivity contribution in [1.29, 1.82) is 0 Å². The number of methoxy groups -OCH3 is 1. The van der Waals surface area contributed by atoms with Gasteiger partial charge in [-0.2, -0.15) is 0 Å². The molecule has 1 fully saturated rings. The average Bonchev–Trinajstić information content (AvgIpc) is 3.42. The molecule has 1 aliphatic heterocycles. The highest BCUT2D eigenvalue weighted by molar-refractivity contribution is 7.99. The van der Waals surface area contributed by atoms with Crippen LogP contribution in [0.1, 0.15) is 30.4 Å². The second-order valence-corrected chi connectivity index (χ2v) is 10.4. The zero-order valence-electron chi connectivity index (χ0n) is 15.9. The Hall–Kier alpha value is -2.40. The van der Waals surface area contributed by atoms with Crippen LogP contribution in [0.2, 0.25) is 0 Å². The predicted octanol–water partition coefficient (Wildman–Crippen LogP) is 2.96. The Morgan fingerprint density at radius 3 is 2.66 bits per heavy atom. The van der Waals surface area contributed by atoms with E-state index < -0.39 is 9.84 Å². The molecule has 2 aromatic heterocycles. The van der Waals surface area contributed by atoms with Crippen LogP contribution < -0.4 is 4.74 Å². The van der Waals surface area contributed by atoms with Crippen LogP contribution in [0.15, 0.2) is 38.3 Å². The van der Waals surface area contributed by atoms with Crippen molar-refractivity contribution in [3.8, 4) is 17.2 Å². The molecule has 1 aliphatic rings. The summed E-state index contributed by atoms with van der Waals surface area (Å²) in [7, 11) is -1.31. The molecule has 4 rings (SSSR count). The van der Waals surface area contributed by atoms with Crippen molar-refractivity contribution in [1.82, 2.24) is 20.4 Å². The maximum Gasteiger partial charge on any atom is 0.277 e. The van der Waals surface area contributed by atoms with Gasteiger partial charge in [0.2, 0.25) is 17.7 Å². The molecule has 2 atom stereocenters. The van der Waals surface area contributed by atoms with Crippen molar-refractivity contribution in [2.75, 3.05) is 18.6 Å². The van der Waals surface area contributed by atoms with Gasteiger partial charge in [-0.25, -0.2) is 8.42 Å². The van der Waals surface area contributed by atoms with E-state index in [9.17, 15) is 8.42 Å². The zero-order chi connectivity index (χ0) is 20.4. The van der Waals surface area contributed by atoms with Gasteiger partial charge in [0.05, 0.1) is 23.9 Å². The Balaban J connectivity index is 1.38.